The average molecular weight is 629 g/mol. The molecule has 3 aromatic rings. The second-order valence-electron chi connectivity index (χ2n) is 9.93. The van der Waals surface area contributed by atoms with Gasteiger partial charge < -0.3 is 24.8 Å². The Morgan fingerprint density at radius 1 is 0.784 bits per heavy atom. The molecule has 2 nitrogen and oxygen atoms in total. The number of allylic oxidation sites excluding steroid dienone is 4. The van der Waals surface area contributed by atoms with Crippen molar-refractivity contribution in [2.24, 2.45) is 5.92 Å². The third kappa shape index (κ3) is 6.66. The number of benzene rings is 3. The van der Waals surface area contributed by atoms with Crippen LogP contribution < -0.4 is 38.4 Å². The summed E-state index contributed by atoms with van der Waals surface area (Å²) in [6, 6.07) is 30.1. The second kappa shape index (κ2) is 13.9. The van der Waals surface area contributed by atoms with E-state index in [1.807, 2.05) is 18.2 Å². The summed E-state index contributed by atoms with van der Waals surface area (Å²) in [5, 5.41) is 2.86. The summed E-state index contributed by atoms with van der Waals surface area (Å²) in [7, 11) is 0. The zero-order valence-corrected chi connectivity index (χ0v) is 27.6. The van der Waals surface area contributed by atoms with Crippen molar-refractivity contribution < 1.29 is 50.8 Å². The SMILES string of the molecule is CC1=C(C)C(C)[C]([Zr+2]([NH]C(=O)c2ccccc2C(C)C)[SiH](c2ccccc2)c2ccccc2)=C1C.[Cl-].[Cl-]. The van der Waals surface area contributed by atoms with Gasteiger partial charge in [-0.1, -0.05) is 0 Å². The molecule has 1 N–H and O–H groups in total. The zero-order valence-electron chi connectivity index (χ0n) is 22.5. The van der Waals surface area contributed by atoms with Gasteiger partial charge in [0, 0.05) is 0 Å². The Morgan fingerprint density at radius 2 is 1.27 bits per heavy atom. The molecule has 0 fully saturated rings. The van der Waals surface area contributed by atoms with Gasteiger partial charge in [-0.2, -0.15) is 0 Å². The van der Waals surface area contributed by atoms with Crippen molar-refractivity contribution in [1.82, 2.24) is 3.26 Å². The van der Waals surface area contributed by atoms with Crippen LogP contribution in [0.1, 0.15) is 63.4 Å². The molecule has 4 rings (SSSR count). The Balaban J connectivity index is 0.00000241. The van der Waals surface area contributed by atoms with Crippen molar-refractivity contribution in [3.8, 4) is 0 Å². The summed E-state index contributed by atoms with van der Waals surface area (Å²) in [6.45, 7) is 13.5. The fourth-order valence-corrected chi connectivity index (χ4v) is 27.1. The van der Waals surface area contributed by atoms with Gasteiger partial charge in [-0.3, -0.25) is 0 Å². The number of carbonyl (C=O) groups is 1. The summed E-state index contributed by atoms with van der Waals surface area (Å²) in [5.74, 6) is -0.877. The molecule has 0 radical (unpaired) electrons. The van der Waals surface area contributed by atoms with Crippen molar-refractivity contribution >= 4 is 22.2 Å². The van der Waals surface area contributed by atoms with Crippen molar-refractivity contribution in [2.45, 2.75) is 47.5 Å². The molecule has 193 valence electrons. The number of hydrogen-bond donors (Lipinski definition) is 1. The number of nitrogens with one attached hydrogen (secondary N) is 1. The van der Waals surface area contributed by atoms with Gasteiger partial charge in [-0.15, -0.1) is 0 Å². The molecule has 0 spiro atoms. The first kappa shape index (κ1) is 31.5. The molecule has 0 saturated heterocycles. The van der Waals surface area contributed by atoms with Gasteiger partial charge in [0.1, 0.15) is 0 Å². The van der Waals surface area contributed by atoms with E-state index in [1.54, 1.807) is 3.28 Å². The molecule has 1 unspecified atom stereocenters. The average Bonchev–Trinajstić information content (AvgIpc) is 3.07. The van der Waals surface area contributed by atoms with Crippen LogP contribution in [0.5, 0.6) is 0 Å². The van der Waals surface area contributed by atoms with E-state index in [2.05, 4.69) is 112 Å². The van der Waals surface area contributed by atoms with E-state index in [4.69, 9.17) is 0 Å². The molecular weight excluding hydrogens is 593 g/mol. The molecule has 3 aromatic carbocycles. The zero-order chi connectivity index (χ0) is 25.1. The van der Waals surface area contributed by atoms with Crippen LogP contribution in [-0.2, 0) is 21.2 Å². The third-order valence-electron chi connectivity index (χ3n) is 7.56. The van der Waals surface area contributed by atoms with Crippen molar-refractivity contribution in [2.75, 3.05) is 0 Å². The van der Waals surface area contributed by atoms with E-state index in [0.29, 0.717) is 11.8 Å². The predicted octanol–water partition coefficient (Wildman–Crippen LogP) is -0.121. The second-order valence-corrected chi connectivity index (χ2v) is 23.8. The fraction of sp³-hybridized carbons (Fsp3) is 0.258. The van der Waals surface area contributed by atoms with E-state index in [1.165, 1.54) is 27.1 Å². The Morgan fingerprint density at radius 3 is 1.73 bits per heavy atom. The molecule has 0 aromatic heterocycles. The maximum absolute atomic E-state index is 14.0. The van der Waals surface area contributed by atoms with Gasteiger partial charge >= 0.3 is 221 Å². The Hall–Kier alpha value is -1.71. The van der Waals surface area contributed by atoms with E-state index < -0.39 is 27.1 Å². The Kier molecular flexibility index (Phi) is 11.8. The van der Waals surface area contributed by atoms with Crippen LogP contribution in [0.15, 0.2) is 105 Å². The number of halogens is 2. The number of rotatable bonds is 7. The Labute approximate surface area is 244 Å². The minimum atomic E-state index is -2.75. The number of hydrogen-bond acceptors (Lipinski definition) is 1. The van der Waals surface area contributed by atoms with Crippen molar-refractivity contribution in [3.63, 3.8) is 0 Å². The minimum absolute atomic E-state index is 0. The molecule has 1 atom stereocenters. The number of carbonyl (C=O) groups excluding carboxylic acids is 1. The smallest absolute Gasteiger partial charge is 1.00 e. The molecule has 1 amide bonds. The van der Waals surface area contributed by atoms with E-state index >= 15 is 0 Å². The summed E-state index contributed by atoms with van der Waals surface area (Å²) in [6.07, 6.45) is 0. The minimum Gasteiger partial charge on any atom is -1.00 e. The van der Waals surface area contributed by atoms with Gasteiger partial charge in [0.2, 0.25) is 0 Å². The normalized spacial score (nSPS) is 15.0. The van der Waals surface area contributed by atoms with Gasteiger partial charge in [-0.05, 0) is 0 Å². The van der Waals surface area contributed by atoms with Crippen LogP contribution in [0.3, 0.4) is 0 Å². The fourth-order valence-electron chi connectivity index (χ4n) is 5.31. The summed E-state index contributed by atoms with van der Waals surface area (Å²) in [5.41, 5.74) is 6.25. The van der Waals surface area contributed by atoms with E-state index in [0.717, 1.165) is 11.1 Å². The maximum Gasteiger partial charge on any atom is -1.00 e. The van der Waals surface area contributed by atoms with Crippen molar-refractivity contribution in [3.05, 3.63) is 116 Å². The first-order valence-corrected chi connectivity index (χ1v) is 21.0. The Bertz CT molecular complexity index is 1240. The maximum atomic E-state index is 14.0. The van der Waals surface area contributed by atoms with Gasteiger partial charge in [0.25, 0.3) is 0 Å². The van der Waals surface area contributed by atoms with Crippen LogP contribution in [-0.4, -0.2) is 11.8 Å². The van der Waals surface area contributed by atoms with Crippen LogP contribution in [0.2, 0.25) is 0 Å². The topological polar surface area (TPSA) is 29.1 Å². The number of amides is 1. The summed E-state index contributed by atoms with van der Waals surface area (Å²) < 4.78 is 5.38. The van der Waals surface area contributed by atoms with Gasteiger partial charge in [0.15, 0.2) is 0 Å². The third-order valence-corrected chi connectivity index (χ3v) is 26.7. The molecule has 0 bridgehead atoms. The van der Waals surface area contributed by atoms with Crippen molar-refractivity contribution in [1.29, 1.82) is 0 Å². The summed E-state index contributed by atoms with van der Waals surface area (Å²) >= 11 is -2.75. The van der Waals surface area contributed by atoms with E-state index in [9.17, 15) is 4.79 Å². The van der Waals surface area contributed by atoms with Crippen LogP contribution in [0, 0.1) is 5.92 Å². The summed E-state index contributed by atoms with van der Waals surface area (Å²) in [4.78, 5) is 14.0. The molecule has 0 aliphatic heterocycles. The first-order valence-electron chi connectivity index (χ1n) is 12.6. The largest absolute Gasteiger partial charge is 1.00 e. The van der Waals surface area contributed by atoms with Gasteiger partial charge in [0.05, 0.1) is 0 Å². The standard InChI is InChI=1S/C12H11Si.C10H13NO.C9H13.2ClH.Zr/c1-3-7-11(8-4-1)13-12-9-5-2-6-10-12;1-7(2)8-5-3-4-6-9(8)10(11)12;1-6-5-7(2)9(4)8(6)3;;;/h1-10,13H;3-7H,1-2H3,(H2,11,12);6H,1-4H3;2*1H;/q;;;;;+3/p-3. The van der Waals surface area contributed by atoms with Crippen LogP contribution in [0.25, 0.3) is 0 Å². The first-order chi connectivity index (χ1) is 16.8. The molecule has 0 heterocycles. The monoisotopic (exact) mass is 626 g/mol. The molecule has 37 heavy (non-hydrogen) atoms. The van der Waals surface area contributed by atoms with Gasteiger partial charge in [-0.25, -0.2) is 0 Å². The predicted molar refractivity (Wildman–Crippen MR) is 148 cm³/mol. The van der Waals surface area contributed by atoms with Crippen LogP contribution in [0.4, 0.5) is 0 Å². The molecule has 6 heteroatoms. The molecular formula is C31H36Cl2NOSiZr. The quantitative estimate of drug-likeness (QED) is 0.364. The molecule has 0 saturated carbocycles. The molecule has 1 aliphatic rings. The molecule has 1 aliphatic carbocycles. The van der Waals surface area contributed by atoms with Crippen LogP contribution >= 0.6 is 0 Å². The van der Waals surface area contributed by atoms with E-state index in [-0.39, 0.29) is 30.7 Å².